The topological polar surface area (TPSA) is 76.2 Å². The van der Waals surface area contributed by atoms with E-state index in [1.807, 2.05) is 12.1 Å². The molecule has 188 valence electrons. The molecule has 1 aliphatic heterocycles. The monoisotopic (exact) mass is 489 g/mol. The van der Waals surface area contributed by atoms with E-state index in [1.165, 1.54) is 11.1 Å². The zero-order valence-corrected chi connectivity index (χ0v) is 21.3. The number of benzene rings is 1. The van der Waals surface area contributed by atoms with Crippen molar-refractivity contribution in [2.45, 2.75) is 25.8 Å². The highest BCUT2D eigenvalue weighted by molar-refractivity contribution is 7.79. The molecule has 0 saturated carbocycles. The van der Waals surface area contributed by atoms with Crippen LogP contribution in [0.2, 0.25) is 0 Å². The zero-order chi connectivity index (χ0) is 24.8. The Bertz CT molecular complexity index is 748. The Labute approximate surface area is 209 Å². The molecule has 9 heteroatoms. The number of hydrogen-bond acceptors (Lipinski definition) is 8. The van der Waals surface area contributed by atoms with Gasteiger partial charge < -0.3 is 19.7 Å². The first-order valence-electron chi connectivity index (χ1n) is 11.9. The fourth-order valence-electron chi connectivity index (χ4n) is 4.40. The molecular weight excluding hydrogens is 450 g/mol. The Kier molecular flexibility index (Phi) is 12.5. The number of carbonyl (C=O) groups is 3. The third kappa shape index (κ3) is 9.68. The van der Waals surface area contributed by atoms with Crippen LogP contribution in [0, 0.1) is 0 Å². The van der Waals surface area contributed by atoms with Gasteiger partial charge in [0.05, 0.1) is 25.1 Å². The molecule has 1 fully saturated rings. The van der Waals surface area contributed by atoms with Gasteiger partial charge in [0.25, 0.3) is 0 Å². The summed E-state index contributed by atoms with van der Waals surface area (Å²) in [5, 5.41) is 3.03. The van der Waals surface area contributed by atoms with Crippen molar-refractivity contribution in [3.05, 3.63) is 29.8 Å². The molecule has 0 aliphatic carbocycles. The van der Waals surface area contributed by atoms with Crippen LogP contribution >= 0.6 is 12.2 Å². The third-order valence-electron chi connectivity index (χ3n) is 6.51. The second kappa shape index (κ2) is 15.1. The van der Waals surface area contributed by atoms with Crippen molar-refractivity contribution >= 4 is 42.3 Å². The molecule has 34 heavy (non-hydrogen) atoms. The van der Waals surface area contributed by atoms with Crippen LogP contribution in [0.15, 0.2) is 24.3 Å². The SMILES string of the molecule is CC(C)(Cc1ccc(NC=S)cc1)N1CCN(CC=O)CCN(CC=O)CCN(CC=O)CC1. The molecule has 0 bridgehead atoms. The Morgan fingerprint density at radius 1 is 0.765 bits per heavy atom. The summed E-state index contributed by atoms with van der Waals surface area (Å²) in [5.41, 5.74) is 3.60. The highest BCUT2D eigenvalue weighted by Crippen LogP contribution is 2.22. The first-order chi connectivity index (χ1) is 16.4. The van der Waals surface area contributed by atoms with E-state index in [1.54, 1.807) is 0 Å². The van der Waals surface area contributed by atoms with Gasteiger partial charge in [0.15, 0.2) is 0 Å². The van der Waals surface area contributed by atoms with E-state index in [9.17, 15) is 14.4 Å². The van der Waals surface area contributed by atoms with Crippen LogP contribution < -0.4 is 5.32 Å². The van der Waals surface area contributed by atoms with Crippen molar-refractivity contribution in [3.63, 3.8) is 0 Å². The second-order valence-electron chi connectivity index (χ2n) is 9.34. The van der Waals surface area contributed by atoms with E-state index in [0.717, 1.165) is 70.2 Å². The number of thiocarbonyl (C=S) groups is 1. The molecule has 2 rings (SSSR count). The molecule has 0 radical (unpaired) electrons. The summed E-state index contributed by atoms with van der Waals surface area (Å²) >= 11 is 4.87. The maximum atomic E-state index is 11.3. The lowest BCUT2D eigenvalue weighted by Crippen LogP contribution is -2.53. The van der Waals surface area contributed by atoms with Crippen molar-refractivity contribution in [1.82, 2.24) is 19.6 Å². The summed E-state index contributed by atoms with van der Waals surface area (Å²) in [5.74, 6) is 0. The lowest BCUT2D eigenvalue weighted by atomic mass is 9.92. The summed E-state index contributed by atoms with van der Waals surface area (Å²) in [6.45, 7) is 11.7. The summed E-state index contributed by atoms with van der Waals surface area (Å²) in [4.78, 5) is 42.6. The van der Waals surface area contributed by atoms with Gasteiger partial charge in [-0.25, -0.2) is 0 Å². The van der Waals surface area contributed by atoms with Gasteiger partial charge in [-0.05, 0) is 38.0 Å². The molecule has 1 aliphatic rings. The van der Waals surface area contributed by atoms with E-state index in [4.69, 9.17) is 12.2 Å². The number of aldehydes is 3. The average molecular weight is 490 g/mol. The predicted molar refractivity (Wildman–Crippen MR) is 141 cm³/mol. The molecule has 1 aromatic carbocycles. The van der Waals surface area contributed by atoms with Crippen LogP contribution in [0.1, 0.15) is 19.4 Å². The van der Waals surface area contributed by atoms with E-state index >= 15 is 0 Å². The fourth-order valence-corrected chi connectivity index (χ4v) is 4.54. The fraction of sp³-hybridized carbons (Fsp3) is 0.600. The van der Waals surface area contributed by atoms with Crippen LogP contribution in [0.25, 0.3) is 0 Å². The number of nitrogens with zero attached hydrogens (tertiary/aromatic N) is 4. The second-order valence-corrected chi connectivity index (χ2v) is 9.57. The first-order valence-corrected chi connectivity index (χ1v) is 12.4. The normalized spacial score (nSPS) is 18.4. The quantitative estimate of drug-likeness (QED) is 0.364. The Balaban J connectivity index is 2.17. The summed E-state index contributed by atoms with van der Waals surface area (Å²) in [6.07, 6.45) is 3.70. The number of nitrogens with one attached hydrogen (secondary N) is 1. The van der Waals surface area contributed by atoms with Crippen LogP contribution in [0.5, 0.6) is 0 Å². The molecule has 1 aromatic rings. The van der Waals surface area contributed by atoms with Gasteiger partial charge in [0.1, 0.15) is 18.9 Å². The number of carbonyl (C=O) groups excluding carboxylic acids is 3. The van der Waals surface area contributed by atoms with Crippen molar-refractivity contribution in [1.29, 1.82) is 0 Å². The van der Waals surface area contributed by atoms with Gasteiger partial charge in [0.2, 0.25) is 0 Å². The molecule has 8 nitrogen and oxygen atoms in total. The van der Waals surface area contributed by atoms with E-state index < -0.39 is 0 Å². The molecule has 0 spiro atoms. The summed E-state index contributed by atoms with van der Waals surface area (Å²) in [6, 6.07) is 8.32. The third-order valence-corrected chi connectivity index (χ3v) is 6.63. The van der Waals surface area contributed by atoms with Crippen molar-refractivity contribution < 1.29 is 14.4 Å². The first kappa shape index (κ1) is 28.2. The zero-order valence-electron chi connectivity index (χ0n) is 20.5. The van der Waals surface area contributed by atoms with Gasteiger partial charge >= 0.3 is 0 Å². The van der Waals surface area contributed by atoms with E-state index in [0.29, 0.717) is 32.7 Å². The van der Waals surface area contributed by atoms with E-state index in [2.05, 4.69) is 50.9 Å². The lowest BCUT2D eigenvalue weighted by molar-refractivity contribution is -0.110. The van der Waals surface area contributed by atoms with Gasteiger partial charge in [-0.3, -0.25) is 19.6 Å². The van der Waals surface area contributed by atoms with Crippen molar-refractivity contribution in [2.24, 2.45) is 0 Å². The average Bonchev–Trinajstić information content (AvgIpc) is 2.80. The minimum atomic E-state index is -0.119. The van der Waals surface area contributed by atoms with E-state index in [-0.39, 0.29) is 5.54 Å². The Hall–Kier alpha value is -2.04. The predicted octanol–water partition coefficient (Wildman–Crippen LogP) is 1.20. The van der Waals surface area contributed by atoms with Gasteiger partial charge in [-0.1, -0.05) is 24.4 Å². The molecule has 1 heterocycles. The number of rotatable bonds is 11. The molecule has 1 saturated heterocycles. The Morgan fingerprint density at radius 2 is 1.18 bits per heavy atom. The highest BCUT2D eigenvalue weighted by Gasteiger charge is 2.28. The molecular formula is C25H39N5O3S. The Morgan fingerprint density at radius 3 is 1.56 bits per heavy atom. The molecule has 1 N–H and O–H groups in total. The highest BCUT2D eigenvalue weighted by atomic mass is 32.1. The maximum Gasteiger partial charge on any atom is 0.133 e. The minimum Gasteiger partial charge on any atom is -0.353 e. The summed E-state index contributed by atoms with van der Waals surface area (Å²) in [7, 11) is 0. The minimum absolute atomic E-state index is 0.119. The van der Waals surface area contributed by atoms with Crippen molar-refractivity contribution in [2.75, 3.05) is 77.3 Å². The lowest BCUT2D eigenvalue weighted by Gasteiger charge is -2.41. The number of anilines is 1. The maximum absolute atomic E-state index is 11.3. The van der Waals surface area contributed by atoms with Gasteiger partial charge in [0, 0.05) is 63.6 Å². The van der Waals surface area contributed by atoms with Crippen LogP contribution in [-0.2, 0) is 20.8 Å². The summed E-state index contributed by atoms with van der Waals surface area (Å²) < 4.78 is 0. The molecule has 0 atom stereocenters. The number of hydrogen-bond donors (Lipinski definition) is 1. The smallest absolute Gasteiger partial charge is 0.133 e. The largest absolute Gasteiger partial charge is 0.353 e. The molecule has 0 unspecified atom stereocenters. The molecule has 0 amide bonds. The van der Waals surface area contributed by atoms with Crippen LogP contribution in [0.4, 0.5) is 5.69 Å². The van der Waals surface area contributed by atoms with Crippen LogP contribution in [0.3, 0.4) is 0 Å². The standard InChI is InChI=1S/C25H39N5O3S/c1-25(2,21-23-3-5-24(6-4-23)26-22-34)30-13-11-28(16-19-32)9-7-27(15-18-31)8-10-29(12-14-30)17-20-33/h3-6,18-20,22H,7-17,21H2,1-2H3,(H,26,34). The van der Waals surface area contributed by atoms with Crippen LogP contribution in [-0.4, -0.2) is 121 Å². The van der Waals surface area contributed by atoms with Gasteiger partial charge in [-0.2, -0.15) is 0 Å². The van der Waals surface area contributed by atoms with Crippen molar-refractivity contribution in [3.8, 4) is 0 Å². The van der Waals surface area contributed by atoms with Gasteiger partial charge in [-0.15, -0.1) is 0 Å². The molecule has 0 aromatic heterocycles.